The zero-order valence-electron chi connectivity index (χ0n) is 12.4. The van der Waals surface area contributed by atoms with Gasteiger partial charge in [0.15, 0.2) is 0 Å². The van der Waals surface area contributed by atoms with Crippen LogP contribution in [0, 0.1) is 11.8 Å². The molecule has 0 aliphatic heterocycles. The molecule has 0 spiro atoms. The third-order valence-electron chi connectivity index (χ3n) is 3.57. The van der Waals surface area contributed by atoms with Crippen molar-refractivity contribution in [1.29, 1.82) is 0 Å². The monoisotopic (exact) mass is 227 g/mol. The first kappa shape index (κ1) is 16.0. The van der Waals surface area contributed by atoms with Crippen molar-refractivity contribution in [2.45, 2.75) is 73.3 Å². The minimum absolute atomic E-state index is 0.735. The topological polar surface area (TPSA) is 3.24 Å². The Labute approximate surface area is 104 Å². The van der Waals surface area contributed by atoms with Gasteiger partial charge in [0.2, 0.25) is 0 Å². The molecule has 0 aliphatic rings. The van der Waals surface area contributed by atoms with Crippen LogP contribution in [0.5, 0.6) is 0 Å². The van der Waals surface area contributed by atoms with E-state index in [1.165, 1.54) is 38.8 Å². The third kappa shape index (κ3) is 7.27. The molecule has 0 N–H and O–H groups in total. The molecule has 0 aromatic carbocycles. The van der Waals surface area contributed by atoms with Gasteiger partial charge in [0.05, 0.1) is 0 Å². The van der Waals surface area contributed by atoms with Crippen molar-refractivity contribution in [1.82, 2.24) is 4.90 Å². The van der Waals surface area contributed by atoms with Crippen LogP contribution < -0.4 is 0 Å². The average Bonchev–Trinajstić information content (AvgIpc) is 2.21. The first-order valence-corrected chi connectivity index (χ1v) is 7.23. The summed E-state index contributed by atoms with van der Waals surface area (Å²) in [5, 5.41) is 0. The minimum atomic E-state index is 0.735. The van der Waals surface area contributed by atoms with Gasteiger partial charge in [-0.05, 0) is 51.1 Å². The van der Waals surface area contributed by atoms with E-state index in [1.54, 1.807) is 0 Å². The molecule has 0 rings (SSSR count). The minimum Gasteiger partial charge on any atom is -0.300 e. The van der Waals surface area contributed by atoms with Crippen LogP contribution >= 0.6 is 0 Å². The Hall–Kier alpha value is -0.0400. The second-order valence-electron chi connectivity index (χ2n) is 5.91. The van der Waals surface area contributed by atoms with Crippen LogP contribution in [-0.2, 0) is 0 Å². The maximum atomic E-state index is 2.69. The van der Waals surface area contributed by atoms with Gasteiger partial charge in [-0.3, -0.25) is 0 Å². The number of unbranched alkanes of at least 4 members (excludes halogenated alkanes) is 1. The zero-order valence-corrected chi connectivity index (χ0v) is 12.4. The van der Waals surface area contributed by atoms with E-state index in [1.807, 2.05) is 0 Å². The predicted molar refractivity (Wildman–Crippen MR) is 74.9 cm³/mol. The fraction of sp³-hybridized carbons (Fsp3) is 1.00. The highest BCUT2D eigenvalue weighted by molar-refractivity contribution is 4.70. The van der Waals surface area contributed by atoms with Gasteiger partial charge < -0.3 is 4.90 Å². The maximum absolute atomic E-state index is 2.69. The Balaban J connectivity index is 3.99. The molecule has 0 amide bonds. The van der Waals surface area contributed by atoms with Crippen molar-refractivity contribution < 1.29 is 0 Å². The lowest BCUT2D eigenvalue weighted by atomic mass is 10.0. The highest BCUT2D eigenvalue weighted by atomic mass is 15.1. The van der Waals surface area contributed by atoms with Gasteiger partial charge in [-0.2, -0.15) is 0 Å². The summed E-state index contributed by atoms with van der Waals surface area (Å²) in [5.41, 5.74) is 0. The number of nitrogens with zero attached hydrogens (tertiary/aromatic N) is 1. The van der Waals surface area contributed by atoms with Gasteiger partial charge in [0.25, 0.3) is 0 Å². The molecule has 16 heavy (non-hydrogen) atoms. The van der Waals surface area contributed by atoms with Gasteiger partial charge in [-0.15, -0.1) is 0 Å². The van der Waals surface area contributed by atoms with E-state index in [4.69, 9.17) is 0 Å². The largest absolute Gasteiger partial charge is 0.300 e. The van der Waals surface area contributed by atoms with E-state index >= 15 is 0 Å². The van der Waals surface area contributed by atoms with Gasteiger partial charge in [-0.25, -0.2) is 0 Å². The summed E-state index contributed by atoms with van der Waals surface area (Å²) >= 11 is 0. The molecule has 0 aromatic heterocycles. The molecule has 1 atom stereocenters. The normalized spacial score (nSPS) is 14.1. The van der Waals surface area contributed by atoms with Crippen LogP contribution in [0.1, 0.15) is 67.2 Å². The van der Waals surface area contributed by atoms with Crippen molar-refractivity contribution in [3.05, 3.63) is 0 Å². The van der Waals surface area contributed by atoms with Crippen LogP contribution in [0.25, 0.3) is 0 Å². The van der Waals surface area contributed by atoms with Crippen molar-refractivity contribution in [3.8, 4) is 0 Å². The van der Waals surface area contributed by atoms with E-state index < -0.39 is 0 Å². The van der Waals surface area contributed by atoms with Crippen LogP contribution in [0.4, 0.5) is 0 Å². The highest BCUT2D eigenvalue weighted by Gasteiger charge is 2.16. The lowest BCUT2D eigenvalue weighted by Crippen LogP contribution is -2.38. The summed E-state index contributed by atoms with van der Waals surface area (Å²) in [7, 11) is 0. The van der Waals surface area contributed by atoms with Crippen LogP contribution in [0.2, 0.25) is 0 Å². The summed E-state index contributed by atoms with van der Waals surface area (Å²) in [4.78, 5) is 2.69. The molecule has 0 radical (unpaired) electrons. The molecule has 1 nitrogen and oxygen atoms in total. The number of rotatable bonds is 9. The fourth-order valence-corrected chi connectivity index (χ4v) is 2.00. The van der Waals surface area contributed by atoms with Crippen LogP contribution in [-0.4, -0.2) is 24.0 Å². The summed E-state index contributed by atoms with van der Waals surface area (Å²) in [6.45, 7) is 16.6. The second kappa shape index (κ2) is 9.04. The molecule has 1 heteroatoms. The molecular formula is C15H33N. The van der Waals surface area contributed by atoms with Crippen molar-refractivity contribution in [2.24, 2.45) is 11.8 Å². The quantitative estimate of drug-likeness (QED) is 0.558. The summed E-state index contributed by atoms with van der Waals surface area (Å²) < 4.78 is 0. The molecule has 0 fully saturated rings. The molecule has 0 saturated heterocycles. The van der Waals surface area contributed by atoms with E-state index in [2.05, 4.69) is 46.4 Å². The zero-order chi connectivity index (χ0) is 12.6. The van der Waals surface area contributed by atoms with E-state index in [9.17, 15) is 0 Å². The number of hydrogen-bond donors (Lipinski definition) is 0. The first-order valence-electron chi connectivity index (χ1n) is 7.23. The Morgan fingerprint density at radius 3 is 1.88 bits per heavy atom. The molecule has 0 bridgehead atoms. The maximum Gasteiger partial charge on any atom is 0.00899 e. The van der Waals surface area contributed by atoms with E-state index in [0.29, 0.717) is 0 Å². The SMILES string of the molecule is CCCCN(CCCC(C)C)[C@H](C)C(C)C. The Morgan fingerprint density at radius 1 is 0.875 bits per heavy atom. The standard InChI is InChI=1S/C15H33N/c1-7-8-11-16(15(6)14(4)5)12-9-10-13(2)3/h13-15H,7-12H2,1-6H3/t15-/m1/s1. The van der Waals surface area contributed by atoms with Gasteiger partial charge in [-0.1, -0.05) is 41.0 Å². The fourth-order valence-electron chi connectivity index (χ4n) is 2.00. The highest BCUT2D eigenvalue weighted by Crippen LogP contribution is 2.13. The first-order chi connectivity index (χ1) is 7.49. The van der Waals surface area contributed by atoms with Gasteiger partial charge in [0, 0.05) is 6.04 Å². The third-order valence-corrected chi connectivity index (χ3v) is 3.57. The Kier molecular flexibility index (Phi) is 9.02. The molecule has 0 aromatic rings. The van der Waals surface area contributed by atoms with Crippen molar-refractivity contribution >= 4 is 0 Å². The Morgan fingerprint density at radius 2 is 1.44 bits per heavy atom. The molecule has 0 unspecified atom stereocenters. The second-order valence-corrected chi connectivity index (χ2v) is 5.91. The van der Waals surface area contributed by atoms with Crippen molar-refractivity contribution in [3.63, 3.8) is 0 Å². The molecule has 98 valence electrons. The average molecular weight is 227 g/mol. The van der Waals surface area contributed by atoms with Crippen molar-refractivity contribution in [2.75, 3.05) is 13.1 Å². The predicted octanol–water partition coefficient (Wildman–Crippen LogP) is 4.57. The molecule has 0 saturated carbocycles. The van der Waals surface area contributed by atoms with E-state index in [0.717, 1.165) is 17.9 Å². The summed E-state index contributed by atoms with van der Waals surface area (Å²) in [6, 6.07) is 0.735. The Bertz CT molecular complexity index is 152. The van der Waals surface area contributed by atoms with Gasteiger partial charge in [0.1, 0.15) is 0 Å². The molecule has 0 heterocycles. The summed E-state index contributed by atoms with van der Waals surface area (Å²) in [6.07, 6.45) is 5.39. The van der Waals surface area contributed by atoms with Gasteiger partial charge >= 0.3 is 0 Å². The van der Waals surface area contributed by atoms with Crippen LogP contribution in [0.3, 0.4) is 0 Å². The lowest BCUT2D eigenvalue weighted by Gasteiger charge is -2.32. The number of hydrogen-bond acceptors (Lipinski definition) is 1. The van der Waals surface area contributed by atoms with Crippen LogP contribution in [0.15, 0.2) is 0 Å². The lowest BCUT2D eigenvalue weighted by molar-refractivity contribution is 0.161. The summed E-state index contributed by atoms with van der Waals surface area (Å²) in [5.74, 6) is 1.62. The smallest absolute Gasteiger partial charge is 0.00899 e. The van der Waals surface area contributed by atoms with E-state index in [-0.39, 0.29) is 0 Å². The molecular weight excluding hydrogens is 194 g/mol. The molecule has 0 aliphatic carbocycles.